The molecule has 0 amide bonds. The maximum Gasteiger partial charge on any atom is 0.352 e. The number of carboxylic acids is 1. The average Bonchev–Trinajstić information content (AvgIpc) is 3.10. The zero-order chi connectivity index (χ0) is 16.0. The SMILES string of the molecule is O=C(O)c1cc2ccccc2n1Cc1csc2ccc(F)cc12. The van der Waals surface area contributed by atoms with E-state index in [4.69, 9.17) is 0 Å². The highest BCUT2D eigenvalue weighted by Crippen LogP contribution is 2.29. The summed E-state index contributed by atoms with van der Waals surface area (Å²) in [5.41, 5.74) is 2.02. The zero-order valence-electron chi connectivity index (χ0n) is 12.0. The third-order valence-electron chi connectivity index (χ3n) is 3.97. The molecule has 0 spiro atoms. The van der Waals surface area contributed by atoms with E-state index in [1.54, 1.807) is 16.7 Å². The molecule has 4 rings (SSSR count). The van der Waals surface area contributed by atoms with E-state index in [9.17, 15) is 14.3 Å². The van der Waals surface area contributed by atoms with Crippen LogP contribution in [0.25, 0.3) is 21.0 Å². The van der Waals surface area contributed by atoms with Gasteiger partial charge in [0.1, 0.15) is 11.5 Å². The number of hydrogen-bond acceptors (Lipinski definition) is 2. The van der Waals surface area contributed by atoms with Crippen LogP contribution in [0.2, 0.25) is 0 Å². The van der Waals surface area contributed by atoms with Crippen molar-refractivity contribution >= 4 is 38.3 Å². The number of fused-ring (bicyclic) bond motifs is 2. The lowest BCUT2D eigenvalue weighted by molar-refractivity contribution is 0.0686. The molecule has 0 saturated heterocycles. The Bertz CT molecular complexity index is 1050. The second kappa shape index (κ2) is 5.21. The molecule has 0 radical (unpaired) electrons. The molecule has 0 atom stereocenters. The lowest BCUT2D eigenvalue weighted by Gasteiger charge is -2.08. The molecule has 4 aromatic rings. The predicted molar refractivity (Wildman–Crippen MR) is 89.8 cm³/mol. The molecule has 0 unspecified atom stereocenters. The molecule has 5 heteroatoms. The Morgan fingerprint density at radius 3 is 2.83 bits per heavy atom. The van der Waals surface area contributed by atoms with Crippen LogP contribution < -0.4 is 0 Å². The van der Waals surface area contributed by atoms with Crippen LogP contribution in [0.3, 0.4) is 0 Å². The van der Waals surface area contributed by atoms with Crippen molar-refractivity contribution in [3.05, 3.63) is 71.0 Å². The maximum atomic E-state index is 13.5. The third kappa shape index (κ3) is 2.29. The van der Waals surface area contributed by atoms with Gasteiger partial charge in [-0.3, -0.25) is 0 Å². The van der Waals surface area contributed by atoms with Crippen LogP contribution in [0.1, 0.15) is 16.1 Å². The highest BCUT2D eigenvalue weighted by atomic mass is 32.1. The molecule has 0 aliphatic heterocycles. The van der Waals surface area contributed by atoms with Crippen molar-refractivity contribution in [1.82, 2.24) is 4.57 Å². The number of para-hydroxylation sites is 1. The largest absolute Gasteiger partial charge is 0.477 e. The van der Waals surface area contributed by atoms with Crippen molar-refractivity contribution in [2.24, 2.45) is 0 Å². The Labute approximate surface area is 135 Å². The number of rotatable bonds is 3. The number of aromatic carboxylic acids is 1. The van der Waals surface area contributed by atoms with Crippen molar-refractivity contribution in [1.29, 1.82) is 0 Å². The van der Waals surface area contributed by atoms with Gasteiger partial charge >= 0.3 is 5.97 Å². The number of nitrogens with zero attached hydrogens (tertiary/aromatic N) is 1. The van der Waals surface area contributed by atoms with Gasteiger partial charge in [0, 0.05) is 27.5 Å². The number of carboxylic acid groups (broad SMARTS) is 1. The van der Waals surface area contributed by atoms with Gasteiger partial charge in [0.2, 0.25) is 0 Å². The number of thiophene rings is 1. The fraction of sp³-hybridized carbons (Fsp3) is 0.0556. The minimum atomic E-state index is -0.966. The highest BCUT2D eigenvalue weighted by Gasteiger charge is 2.16. The monoisotopic (exact) mass is 325 g/mol. The quantitative estimate of drug-likeness (QED) is 0.591. The van der Waals surface area contributed by atoms with E-state index >= 15 is 0 Å². The van der Waals surface area contributed by atoms with Gasteiger partial charge in [-0.05, 0) is 41.3 Å². The number of hydrogen-bond donors (Lipinski definition) is 1. The molecule has 0 aliphatic rings. The second-order valence-electron chi connectivity index (χ2n) is 5.38. The van der Waals surface area contributed by atoms with Gasteiger partial charge in [-0.2, -0.15) is 0 Å². The lowest BCUT2D eigenvalue weighted by Crippen LogP contribution is -2.09. The van der Waals surface area contributed by atoms with Gasteiger partial charge in [-0.15, -0.1) is 11.3 Å². The van der Waals surface area contributed by atoms with E-state index in [2.05, 4.69) is 0 Å². The van der Waals surface area contributed by atoms with Gasteiger partial charge in [-0.1, -0.05) is 18.2 Å². The minimum absolute atomic E-state index is 0.238. The standard InChI is InChI=1S/C18H12FNO2S/c19-13-5-6-17-14(8-13)12(10-23-17)9-20-15-4-2-1-3-11(15)7-16(20)18(21)22/h1-8,10H,9H2,(H,21,22). The third-order valence-corrected chi connectivity index (χ3v) is 4.99. The summed E-state index contributed by atoms with van der Waals surface area (Å²) in [4.78, 5) is 11.6. The Kier molecular flexibility index (Phi) is 3.16. The predicted octanol–water partition coefficient (Wildman–Crippen LogP) is 4.74. The summed E-state index contributed by atoms with van der Waals surface area (Å²) in [7, 11) is 0. The summed E-state index contributed by atoms with van der Waals surface area (Å²) in [5.74, 6) is -1.25. The van der Waals surface area contributed by atoms with Crippen molar-refractivity contribution in [2.45, 2.75) is 6.54 Å². The van der Waals surface area contributed by atoms with Gasteiger partial charge in [0.05, 0.1) is 0 Å². The van der Waals surface area contributed by atoms with E-state index in [0.29, 0.717) is 6.54 Å². The molecule has 3 nitrogen and oxygen atoms in total. The summed E-state index contributed by atoms with van der Waals surface area (Å²) in [6.07, 6.45) is 0. The molecule has 0 bridgehead atoms. The van der Waals surface area contributed by atoms with Crippen LogP contribution in [0.5, 0.6) is 0 Å². The fourth-order valence-corrected chi connectivity index (χ4v) is 3.84. The minimum Gasteiger partial charge on any atom is -0.477 e. The van der Waals surface area contributed by atoms with Crippen LogP contribution >= 0.6 is 11.3 Å². The van der Waals surface area contributed by atoms with E-state index in [1.165, 1.54) is 23.5 Å². The van der Waals surface area contributed by atoms with E-state index in [1.807, 2.05) is 29.6 Å². The summed E-state index contributed by atoms with van der Waals surface area (Å²) < 4.78 is 16.3. The Morgan fingerprint density at radius 1 is 1.17 bits per heavy atom. The summed E-state index contributed by atoms with van der Waals surface area (Å²) in [6.45, 7) is 0.401. The van der Waals surface area contributed by atoms with E-state index in [-0.39, 0.29) is 11.5 Å². The molecular weight excluding hydrogens is 313 g/mol. The number of halogens is 1. The second-order valence-corrected chi connectivity index (χ2v) is 6.29. The van der Waals surface area contributed by atoms with Crippen molar-refractivity contribution in [3.8, 4) is 0 Å². The molecule has 2 heterocycles. The average molecular weight is 325 g/mol. The molecule has 23 heavy (non-hydrogen) atoms. The van der Waals surface area contributed by atoms with Crippen LogP contribution in [0.4, 0.5) is 4.39 Å². The van der Waals surface area contributed by atoms with E-state index < -0.39 is 5.97 Å². The van der Waals surface area contributed by atoms with E-state index in [0.717, 1.165) is 26.6 Å². The van der Waals surface area contributed by atoms with Gasteiger partial charge in [-0.25, -0.2) is 9.18 Å². The van der Waals surface area contributed by atoms with Gasteiger partial charge in [0.25, 0.3) is 0 Å². The van der Waals surface area contributed by atoms with Crippen LogP contribution in [-0.4, -0.2) is 15.6 Å². The van der Waals surface area contributed by atoms with Crippen molar-refractivity contribution in [3.63, 3.8) is 0 Å². The lowest BCUT2D eigenvalue weighted by atomic mass is 10.1. The smallest absolute Gasteiger partial charge is 0.352 e. The normalized spacial score (nSPS) is 11.3. The van der Waals surface area contributed by atoms with Crippen LogP contribution in [0.15, 0.2) is 53.9 Å². The topological polar surface area (TPSA) is 42.2 Å². The number of carbonyl (C=O) groups is 1. The number of benzene rings is 2. The first-order chi connectivity index (χ1) is 11.1. The molecule has 0 aliphatic carbocycles. The fourth-order valence-electron chi connectivity index (χ4n) is 2.90. The zero-order valence-corrected chi connectivity index (χ0v) is 12.8. The first-order valence-corrected chi connectivity index (χ1v) is 7.98. The molecule has 1 N–H and O–H groups in total. The first kappa shape index (κ1) is 14.0. The molecular formula is C18H12FNO2S. The Hall–Kier alpha value is -2.66. The summed E-state index contributed by atoms with van der Waals surface area (Å²) >= 11 is 1.54. The van der Waals surface area contributed by atoms with Crippen LogP contribution in [0, 0.1) is 5.82 Å². The van der Waals surface area contributed by atoms with Crippen molar-refractivity contribution in [2.75, 3.05) is 0 Å². The number of aromatic nitrogens is 1. The van der Waals surface area contributed by atoms with Gasteiger partial charge < -0.3 is 9.67 Å². The summed E-state index contributed by atoms with van der Waals surface area (Å²) in [6, 6.07) is 13.9. The first-order valence-electron chi connectivity index (χ1n) is 7.10. The summed E-state index contributed by atoms with van der Waals surface area (Å²) in [5, 5.41) is 13.2. The molecule has 2 aromatic heterocycles. The van der Waals surface area contributed by atoms with Crippen LogP contribution in [-0.2, 0) is 6.54 Å². The maximum absolute atomic E-state index is 13.5. The molecule has 114 valence electrons. The van der Waals surface area contributed by atoms with Gasteiger partial charge in [0.15, 0.2) is 0 Å². The molecule has 0 fully saturated rings. The molecule has 0 saturated carbocycles. The van der Waals surface area contributed by atoms with Crippen molar-refractivity contribution < 1.29 is 14.3 Å². The Balaban J connectivity index is 1.90. The highest BCUT2D eigenvalue weighted by molar-refractivity contribution is 7.17. The molecule has 2 aromatic carbocycles. The Morgan fingerprint density at radius 2 is 2.00 bits per heavy atom.